The Balaban J connectivity index is 0.000000147. The van der Waals surface area contributed by atoms with E-state index >= 15 is 0 Å². The van der Waals surface area contributed by atoms with Crippen molar-refractivity contribution < 1.29 is 18.6 Å². The first-order valence-corrected chi connectivity index (χ1v) is 22.8. The highest BCUT2D eigenvalue weighted by Gasteiger charge is 2.23. The molecule has 0 saturated heterocycles. The summed E-state index contributed by atoms with van der Waals surface area (Å²) >= 11 is 18.4. The number of aromatic nitrogens is 3. The highest BCUT2D eigenvalue weighted by Crippen LogP contribution is 2.32. The van der Waals surface area contributed by atoms with Crippen molar-refractivity contribution in [2.24, 2.45) is 15.0 Å². The van der Waals surface area contributed by atoms with E-state index in [0.29, 0.717) is 73.0 Å². The molecule has 3 aromatic heterocycles. The Morgan fingerprint density at radius 3 is 1.50 bits per heavy atom. The van der Waals surface area contributed by atoms with E-state index in [4.69, 9.17) is 49.0 Å². The minimum absolute atomic E-state index is 0.0783. The molecule has 3 atom stereocenters. The lowest BCUT2D eigenvalue weighted by Gasteiger charge is -2.22. The molecule has 0 aliphatic carbocycles. The molecule has 3 aliphatic rings. The summed E-state index contributed by atoms with van der Waals surface area (Å²) in [6.45, 7) is 8.14. The third kappa shape index (κ3) is 13.6. The van der Waals surface area contributed by atoms with Gasteiger partial charge in [-0.1, -0.05) is 83.3 Å². The molecule has 0 radical (unpaired) electrons. The Hall–Kier alpha value is -6.28. The zero-order valence-electron chi connectivity index (χ0n) is 36.6. The molecule has 6 aromatic rings. The number of halogens is 4. The molecule has 9 rings (SSSR count). The van der Waals surface area contributed by atoms with E-state index in [1.807, 2.05) is 48.7 Å². The molecule has 12 nitrogen and oxygen atoms in total. The van der Waals surface area contributed by atoms with Crippen LogP contribution in [0.1, 0.15) is 62.6 Å². The Labute approximate surface area is 399 Å². The molecule has 16 heteroatoms. The summed E-state index contributed by atoms with van der Waals surface area (Å²) in [6.07, 6.45) is 12.8. The Kier molecular flexibility index (Phi) is 17.6. The Morgan fingerprint density at radius 2 is 0.985 bits per heavy atom. The van der Waals surface area contributed by atoms with Gasteiger partial charge in [0.2, 0.25) is 0 Å². The van der Waals surface area contributed by atoms with Crippen LogP contribution in [0.2, 0.25) is 15.1 Å². The largest absolute Gasteiger partial charge is 0.463 e. The van der Waals surface area contributed by atoms with Crippen LogP contribution in [0.3, 0.4) is 0 Å². The van der Waals surface area contributed by atoms with E-state index < -0.39 is 5.82 Å². The van der Waals surface area contributed by atoms with E-state index in [2.05, 4.69) is 84.0 Å². The van der Waals surface area contributed by atoms with Gasteiger partial charge >= 0.3 is 0 Å². The van der Waals surface area contributed by atoms with Crippen LogP contribution in [0, 0.1) is 19.7 Å². The van der Waals surface area contributed by atoms with Gasteiger partial charge in [0, 0.05) is 42.7 Å². The lowest BCUT2D eigenvalue weighted by Crippen LogP contribution is -2.30. The van der Waals surface area contributed by atoms with Gasteiger partial charge in [0.15, 0.2) is 0 Å². The minimum atomic E-state index is -0.422. The second kappa shape index (κ2) is 24.3. The quantitative estimate of drug-likeness (QED) is 0.109. The fourth-order valence-corrected chi connectivity index (χ4v) is 8.05. The molecule has 0 spiro atoms. The fraction of sp³-hybridized carbons (Fsp3) is 0.280. The number of benzene rings is 3. The van der Waals surface area contributed by atoms with Gasteiger partial charge in [-0.2, -0.15) is 0 Å². The first kappa shape index (κ1) is 47.7. The van der Waals surface area contributed by atoms with Crippen molar-refractivity contribution >= 4 is 52.9 Å². The highest BCUT2D eigenvalue weighted by atomic mass is 35.5. The molecular weight excluding hydrogens is 900 g/mol. The second-order valence-electron chi connectivity index (χ2n) is 15.5. The maximum Gasteiger partial charge on any atom is 0.285 e. The number of hydrogen-bond donors (Lipinski definition) is 3. The molecule has 3 unspecified atom stereocenters. The molecule has 0 fully saturated rings. The summed E-state index contributed by atoms with van der Waals surface area (Å²) in [7, 11) is 0. The summed E-state index contributed by atoms with van der Waals surface area (Å²) in [5, 5.41) is 11.1. The Bertz CT molecular complexity index is 2310. The molecular formula is C50H51Cl3FN9O3. The molecule has 0 saturated carbocycles. The van der Waals surface area contributed by atoms with E-state index in [-0.39, 0.29) is 23.1 Å². The molecule has 342 valence electrons. The maximum absolute atomic E-state index is 14.4. The van der Waals surface area contributed by atoms with Gasteiger partial charge in [0.05, 0.1) is 52.8 Å². The van der Waals surface area contributed by atoms with Crippen molar-refractivity contribution in [1.82, 2.24) is 30.9 Å². The standard InChI is InChI=1S/C18H21N3O.C16H15Cl2N3O.C16H15ClFN3O/c1-13-5-3-7-16(14(13)2)17(21-18-20-9-10-22-18)11-15-6-4-8-19-12-15;2*17-13-3-1-2-12(15(13)18)14(21-16-20-8-9-22-16)10-11-4-6-19-7-5-11/h3-8,12,17H,9-11H2,1-2H3,(H,20,21);2*1-7,14H,8-10H2,(H,20,21). The molecule has 3 aromatic carbocycles. The Morgan fingerprint density at radius 1 is 0.515 bits per heavy atom. The van der Waals surface area contributed by atoms with Crippen LogP contribution in [0.5, 0.6) is 0 Å². The average Bonchev–Trinajstić information content (AvgIpc) is 4.17. The van der Waals surface area contributed by atoms with E-state index in [1.165, 1.54) is 28.3 Å². The second-order valence-corrected chi connectivity index (χ2v) is 16.6. The number of aryl methyl sites for hydroxylation is 1. The lowest BCUT2D eigenvalue weighted by molar-refractivity contribution is 0.324. The molecule has 66 heavy (non-hydrogen) atoms. The van der Waals surface area contributed by atoms with Gasteiger partial charge in [-0.3, -0.25) is 15.0 Å². The minimum Gasteiger partial charge on any atom is -0.463 e. The third-order valence-electron chi connectivity index (χ3n) is 10.9. The number of amidine groups is 3. The van der Waals surface area contributed by atoms with Gasteiger partial charge in [0.25, 0.3) is 18.1 Å². The van der Waals surface area contributed by atoms with Crippen LogP contribution >= 0.6 is 34.8 Å². The van der Waals surface area contributed by atoms with Crippen LogP contribution in [0.25, 0.3) is 0 Å². The topological polar surface area (TPSA) is 140 Å². The summed E-state index contributed by atoms with van der Waals surface area (Å²) in [4.78, 5) is 25.1. The highest BCUT2D eigenvalue weighted by molar-refractivity contribution is 6.42. The average molecular weight is 951 g/mol. The normalized spacial score (nSPS) is 15.1. The van der Waals surface area contributed by atoms with Gasteiger partial charge in [0.1, 0.15) is 25.6 Å². The van der Waals surface area contributed by atoms with E-state index in [0.717, 1.165) is 36.1 Å². The summed E-state index contributed by atoms with van der Waals surface area (Å²) in [5.41, 5.74) is 8.66. The van der Waals surface area contributed by atoms with Crippen LogP contribution < -0.4 is 16.0 Å². The first-order valence-electron chi connectivity index (χ1n) is 21.6. The lowest BCUT2D eigenvalue weighted by atomic mass is 9.93. The number of aliphatic imine (C=N–C) groups is 3. The number of rotatable bonds is 12. The van der Waals surface area contributed by atoms with Crippen molar-refractivity contribution in [3.63, 3.8) is 0 Å². The predicted octanol–water partition coefficient (Wildman–Crippen LogP) is 9.74. The zero-order valence-corrected chi connectivity index (χ0v) is 38.9. The fourth-order valence-electron chi connectivity index (χ4n) is 7.42. The summed E-state index contributed by atoms with van der Waals surface area (Å²) in [5.74, 6) is -0.422. The van der Waals surface area contributed by atoms with Crippen LogP contribution in [-0.2, 0) is 33.5 Å². The van der Waals surface area contributed by atoms with Crippen molar-refractivity contribution in [2.75, 3.05) is 39.5 Å². The SMILES string of the molecule is Cc1cccc(C(Cc2cccnc2)NC2=NCCO2)c1C.Clc1cccc(C(Cc2ccncc2)NC2=NCCO2)c1Cl.Fc1c(Cl)cccc1C(Cc1ccncc1)NC1=NCCO1. The predicted molar refractivity (Wildman–Crippen MR) is 260 cm³/mol. The van der Waals surface area contributed by atoms with Gasteiger partial charge < -0.3 is 30.2 Å². The zero-order chi connectivity index (χ0) is 46.1. The van der Waals surface area contributed by atoms with Crippen molar-refractivity contribution in [3.05, 3.63) is 194 Å². The summed E-state index contributed by atoms with van der Waals surface area (Å²) in [6, 6.07) is 30.2. The number of nitrogens with one attached hydrogen (secondary N) is 3. The van der Waals surface area contributed by atoms with Gasteiger partial charge in [-0.15, -0.1) is 0 Å². The third-order valence-corrected chi connectivity index (χ3v) is 12.1. The summed E-state index contributed by atoms with van der Waals surface area (Å²) < 4.78 is 30.7. The first-order chi connectivity index (χ1) is 32.2. The van der Waals surface area contributed by atoms with Gasteiger partial charge in [-0.25, -0.2) is 19.4 Å². The van der Waals surface area contributed by atoms with Crippen molar-refractivity contribution in [1.29, 1.82) is 0 Å². The smallest absolute Gasteiger partial charge is 0.285 e. The monoisotopic (exact) mass is 949 g/mol. The van der Waals surface area contributed by atoms with Crippen LogP contribution in [-0.4, -0.2) is 72.5 Å². The number of nitrogens with zero attached hydrogens (tertiary/aromatic N) is 6. The van der Waals surface area contributed by atoms with E-state index in [9.17, 15) is 4.39 Å². The molecule has 0 amide bonds. The molecule has 0 bridgehead atoms. The maximum atomic E-state index is 14.4. The molecule has 3 aliphatic heterocycles. The van der Waals surface area contributed by atoms with Gasteiger partial charge in [-0.05, 0) is 115 Å². The van der Waals surface area contributed by atoms with Crippen LogP contribution in [0.4, 0.5) is 4.39 Å². The van der Waals surface area contributed by atoms with E-state index in [1.54, 1.807) is 49.2 Å². The molecule has 3 N–H and O–H groups in total. The van der Waals surface area contributed by atoms with Crippen molar-refractivity contribution in [3.8, 4) is 0 Å². The molecule has 6 heterocycles. The number of hydrogen-bond acceptors (Lipinski definition) is 12. The number of pyridine rings is 3. The van der Waals surface area contributed by atoms with Crippen molar-refractivity contribution in [2.45, 2.75) is 51.2 Å². The number of ether oxygens (including phenoxy) is 3. The van der Waals surface area contributed by atoms with Crippen LogP contribution in [0.15, 0.2) is 143 Å².